The Kier molecular flexibility index (Phi) is 5.78. The maximum absolute atomic E-state index is 3.39. The number of nitrogens with one attached hydrogen (secondary N) is 2. The van der Waals surface area contributed by atoms with Crippen molar-refractivity contribution in [1.29, 1.82) is 0 Å². The number of aryl methyl sites for hydroxylation is 2. The van der Waals surface area contributed by atoms with E-state index in [1.165, 1.54) is 110 Å². The Morgan fingerprint density at radius 1 is 0.585 bits per heavy atom. The molecule has 1 saturated heterocycles. The fraction of sp³-hybridized carbons (Fsp3) is 0.243. The van der Waals surface area contributed by atoms with Gasteiger partial charge in [-0.05, 0) is 133 Å². The number of anilines is 2. The third-order valence-corrected chi connectivity index (χ3v) is 9.36. The monoisotopic (exact) mass is 536 g/mol. The van der Waals surface area contributed by atoms with E-state index in [0.717, 1.165) is 13.1 Å². The third-order valence-electron chi connectivity index (χ3n) is 9.36. The Hall–Kier alpha value is -4.28. The van der Waals surface area contributed by atoms with Gasteiger partial charge in [-0.15, -0.1) is 0 Å². The zero-order chi connectivity index (χ0) is 27.5. The highest BCUT2D eigenvalue weighted by Gasteiger charge is 2.26. The average Bonchev–Trinajstić information content (AvgIpc) is 3.58. The zero-order valence-corrected chi connectivity index (χ0v) is 23.9. The summed E-state index contributed by atoms with van der Waals surface area (Å²) >= 11 is 0. The number of hydrogen-bond acceptors (Lipinski definition) is 2. The smallest absolute Gasteiger partial charge is 0.0756 e. The maximum Gasteiger partial charge on any atom is 0.0756 e. The SMILES string of the molecule is Cc1c[nH]c2ccc(-c3ccc4c(c3)Cc3cc(-c5ccc6[nH]cc(C)c6c5)ccc3N4CN3CCCCC3)cc12. The summed E-state index contributed by atoms with van der Waals surface area (Å²) in [5.41, 5.74) is 15.6. The van der Waals surface area contributed by atoms with Crippen LogP contribution in [0.1, 0.15) is 41.5 Å². The molecule has 0 unspecified atom stereocenters. The van der Waals surface area contributed by atoms with Crippen molar-refractivity contribution in [2.24, 2.45) is 0 Å². The molecule has 0 atom stereocenters. The van der Waals surface area contributed by atoms with Gasteiger partial charge in [0.1, 0.15) is 0 Å². The topological polar surface area (TPSA) is 38.1 Å². The highest BCUT2D eigenvalue weighted by Crippen LogP contribution is 2.42. The molecule has 4 heterocycles. The van der Waals surface area contributed by atoms with Crippen molar-refractivity contribution in [3.63, 3.8) is 0 Å². The number of rotatable bonds is 4. The van der Waals surface area contributed by atoms with Crippen molar-refractivity contribution in [2.75, 3.05) is 24.7 Å². The van der Waals surface area contributed by atoms with Crippen LogP contribution >= 0.6 is 0 Å². The van der Waals surface area contributed by atoms with Crippen molar-refractivity contribution in [3.8, 4) is 22.3 Å². The molecule has 8 rings (SSSR count). The number of hydrogen-bond donors (Lipinski definition) is 2. The first kappa shape index (κ1) is 24.5. The number of aromatic amines is 2. The van der Waals surface area contributed by atoms with E-state index in [-0.39, 0.29) is 0 Å². The molecular formula is C37H36N4. The van der Waals surface area contributed by atoms with Gasteiger partial charge in [0, 0.05) is 52.0 Å². The van der Waals surface area contributed by atoms with Gasteiger partial charge in [0.2, 0.25) is 0 Å². The summed E-state index contributed by atoms with van der Waals surface area (Å²) in [5.74, 6) is 0. The van der Waals surface area contributed by atoms with Crippen LogP contribution in [-0.2, 0) is 6.42 Å². The molecule has 4 nitrogen and oxygen atoms in total. The molecule has 6 aromatic rings. The predicted molar refractivity (Wildman–Crippen MR) is 172 cm³/mol. The maximum atomic E-state index is 3.39. The van der Waals surface area contributed by atoms with Crippen LogP contribution in [-0.4, -0.2) is 34.6 Å². The fourth-order valence-corrected chi connectivity index (χ4v) is 7.01. The van der Waals surface area contributed by atoms with Gasteiger partial charge in [-0.3, -0.25) is 4.90 Å². The van der Waals surface area contributed by atoms with Crippen LogP contribution in [0.4, 0.5) is 11.4 Å². The third kappa shape index (κ3) is 4.25. The Morgan fingerprint density at radius 3 is 1.61 bits per heavy atom. The molecule has 0 spiro atoms. The van der Waals surface area contributed by atoms with Crippen molar-refractivity contribution in [1.82, 2.24) is 14.9 Å². The fourth-order valence-electron chi connectivity index (χ4n) is 7.01. The molecule has 2 aromatic heterocycles. The van der Waals surface area contributed by atoms with Gasteiger partial charge in [0.15, 0.2) is 0 Å². The van der Waals surface area contributed by atoms with E-state index in [1.54, 1.807) is 0 Å². The molecule has 0 radical (unpaired) electrons. The van der Waals surface area contributed by atoms with Crippen molar-refractivity contribution in [2.45, 2.75) is 39.5 Å². The van der Waals surface area contributed by atoms with Crippen LogP contribution < -0.4 is 4.90 Å². The summed E-state index contributed by atoms with van der Waals surface area (Å²) < 4.78 is 0. The van der Waals surface area contributed by atoms with Gasteiger partial charge in [0.25, 0.3) is 0 Å². The van der Waals surface area contributed by atoms with Gasteiger partial charge in [0.05, 0.1) is 6.67 Å². The first-order chi connectivity index (χ1) is 20.1. The minimum atomic E-state index is 0.944. The second kappa shape index (κ2) is 9.67. The first-order valence-corrected chi connectivity index (χ1v) is 15.0. The second-order valence-corrected chi connectivity index (χ2v) is 12.1. The number of piperidine rings is 1. The molecule has 0 saturated carbocycles. The van der Waals surface area contributed by atoms with Crippen LogP contribution in [0, 0.1) is 13.8 Å². The van der Waals surface area contributed by atoms with Crippen molar-refractivity contribution in [3.05, 3.63) is 107 Å². The van der Waals surface area contributed by atoms with Crippen LogP contribution in [0.15, 0.2) is 85.2 Å². The molecular weight excluding hydrogens is 500 g/mol. The molecule has 0 bridgehead atoms. The largest absolute Gasteiger partial charge is 0.361 e. The normalized spacial score (nSPS) is 15.4. The predicted octanol–water partition coefficient (Wildman–Crippen LogP) is 9.09. The lowest BCUT2D eigenvalue weighted by atomic mass is 9.90. The Labute approximate surface area is 241 Å². The van der Waals surface area contributed by atoms with E-state index < -0.39 is 0 Å². The molecule has 204 valence electrons. The highest BCUT2D eigenvalue weighted by molar-refractivity contribution is 5.90. The Balaban J connectivity index is 1.21. The molecule has 4 heteroatoms. The summed E-state index contributed by atoms with van der Waals surface area (Å²) in [7, 11) is 0. The lowest BCUT2D eigenvalue weighted by Crippen LogP contribution is -2.40. The van der Waals surface area contributed by atoms with E-state index in [1.807, 2.05) is 0 Å². The molecule has 4 aromatic carbocycles. The van der Waals surface area contributed by atoms with E-state index in [4.69, 9.17) is 0 Å². The first-order valence-electron chi connectivity index (χ1n) is 15.0. The molecule has 41 heavy (non-hydrogen) atoms. The number of likely N-dealkylation sites (tertiary alicyclic amines) is 1. The number of benzene rings is 4. The lowest BCUT2D eigenvalue weighted by molar-refractivity contribution is 0.233. The van der Waals surface area contributed by atoms with Gasteiger partial charge in [-0.1, -0.05) is 30.7 Å². The van der Waals surface area contributed by atoms with Crippen LogP contribution in [0.5, 0.6) is 0 Å². The van der Waals surface area contributed by atoms with Gasteiger partial charge >= 0.3 is 0 Å². The van der Waals surface area contributed by atoms with Gasteiger partial charge < -0.3 is 14.9 Å². The quantitative estimate of drug-likeness (QED) is 0.236. The number of nitrogens with zero attached hydrogens (tertiary/aromatic N) is 2. The standard InChI is InChI=1S/C37H36N4/c1-24-21-38-34-10-6-28(19-32(24)34)26-8-12-36-30(16-26)18-31-17-27(29-7-11-35-33(20-29)25(2)22-39-35)9-13-37(31)41(36)23-40-14-4-3-5-15-40/h6-13,16-17,19-22,38-39H,3-5,14-15,18,23H2,1-2H3. The zero-order valence-electron chi connectivity index (χ0n) is 23.9. The second-order valence-electron chi connectivity index (χ2n) is 12.1. The van der Waals surface area contributed by atoms with Gasteiger partial charge in [-0.2, -0.15) is 0 Å². The molecule has 1 fully saturated rings. The summed E-state index contributed by atoms with van der Waals surface area (Å²) in [5, 5.41) is 2.60. The van der Waals surface area contributed by atoms with E-state index in [9.17, 15) is 0 Å². The summed E-state index contributed by atoms with van der Waals surface area (Å²) in [4.78, 5) is 12.0. The molecule has 0 aliphatic carbocycles. The number of aromatic nitrogens is 2. The minimum absolute atomic E-state index is 0.944. The Morgan fingerprint density at radius 2 is 1.07 bits per heavy atom. The van der Waals surface area contributed by atoms with Crippen LogP contribution in [0.25, 0.3) is 44.1 Å². The van der Waals surface area contributed by atoms with E-state index in [2.05, 4.69) is 119 Å². The van der Waals surface area contributed by atoms with Crippen molar-refractivity contribution >= 4 is 33.2 Å². The van der Waals surface area contributed by atoms with Gasteiger partial charge in [-0.25, -0.2) is 0 Å². The summed E-state index contributed by atoms with van der Waals surface area (Å²) in [6.07, 6.45) is 9.10. The van der Waals surface area contributed by atoms with E-state index >= 15 is 0 Å². The number of H-pyrrole nitrogens is 2. The number of fused-ring (bicyclic) bond motifs is 4. The van der Waals surface area contributed by atoms with Crippen LogP contribution in [0.3, 0.4) is 0 Å². The molecule has 2 aliphatic heterocycles. The molecule has 2 N–H and O–H groups in total. The van der Waals surface area contributed by atoms with E-state index in [0.29, 0.717) is 0 Å². The average molecular weight is 537 g/mol. The van der Waals surface area contributed by atoms with Crippen LogP contribution in [0.2, 0.25) is 0 Å². The molecule has 0 amide bonds. The Bertz CT molecular complexity index is 1790. The van der Waals surface area contributed by atoms with Crippen molar-refractivity contribution < 1.29 is 0 Å². The summed E-state index contributed by atoms with van der Waals surface area (Å²) in [6.45, 7) is 7.67. The highest BCUT2D eigenvalue weighted by atomic mass is 15.3. The molecule has 2 aliphatic rings. The lowest BCUT2D eigenvalue weighted by Gasteiger charge is -2.39. The summed E-state index contributed by atoms with van der Waals surface area (Å²) in [6, 6.07) is 27.8. The minimum Gasteiger partial charge on any atom is -0.361 e.